The maximum atomic E-state index is 11.4. The first-order valence-electron chi connectivity index (χ1n) is 5.81. The predicted octanol–water partition coefficient (Wildman–Crippen LogP) is 2.76. The molecule has 1 N–H and O–H groups in total. The summed E-state index contributed by atoms with van der Waals surface area (Å²) in [6.07, 6.45) is 0. The highest BCUT2D eigenvalue weighted by Crippen LogP contribution is 2.30. The molecule has 0 bridgehead atoms. The minimum Gasteiger partial charge on any atom is -0.478 e. The van der Waals surface area contributed by atoms with Crippen molar-refractivity contribution in [2.24, 2.45) is 0 Å². The summed E-state index contributed by atoms with van der Waals surface area (Å²) < 4.78 is 6.25. The number of carboxylic acid groups (broad SMARTS) is 1. The second-order valence-corrected chi connectivity index (χ2v) is 5.82. The van der Waals surface area contributed by atoms with Crippen molar-refractivity contribution in [2.45, 2.75) is 19.4 Å². The Morgan fingerprint density at radius 3 is 2.83 bits per heavy atom. The number of hydrogen-bond donors (Lipinski definition) is 1. The van der Waals surface area contributed by atoms with E-state index in [0.29, 0.717) is 29.7 Å². The molecule has 0 saturated carbocycles. The normalized spacial score (nSPS) is 18.7. The standard InChI is InChI=1S/C13H16BrNO3/c1-13(2)8-15(6-7-18-13)10-5-3-4-9(14)11(10)12(16)17/h3-5H,6-8H2,1-2H3,(H,16,17). The molecule has 0 atom stereocenters. The van der Waals surface area contributed by atoms with Crippen molar-refractivity contribution in [1.82, 2.24) is 0 Å². The van der Waals surface area contributed by atoms with Crippen LogP contribution in [-0.2, 0) is 4.74 Å². The molecule has 0 radical (unpaired) electrons. The Morgan fingerprint density at radius 2 is 2.22 bits per heavy atom. The van der Waals surface area contributed by atoms with Gasteiger partial charge in [0, 0.05) is 17.6 Å². The lowest BCUT2D eigenvalue weighted by atomic mass is 10.1. The van der Waals surface area contributed by atoms with E-state index < -0.39 is 5.97 Å². The lowest BCUT2D eigenvalue weighted by molar-refractivity contribution is -0.0277. The number of nitrogens with zero attached hydrogens (tertiary/aromatic N) is 1. The van der Waals surface area contributed by atoms with Gasteiger partial charge in [-0.3, -0.25) is 0 Å². The zero-order chi connectivity index (χ0) is 13.3. The number of hydrogen-bond acceptors (Lipinski definition) is 3. The predicted molar refractivity (Wildman–Crippen MR) is 73.3 cm³/mol. The van der Waals surface area contributed by atoms with Crippen LogP contribution < -0.4 is 4.90 Å². The van der Waals surface area contributed by atoms with E-state index in [2.05, 4.69) is 20.8 Å². The van der Waals surface area contributed by atoms with Crippen molar-refractivity contribution in [2.75, 3.05) is 24.6 Å². The number of morpholine rings is 1. The molecule has 1 aliphatic heterocycles. The molecule has 0 aromatic heterocycles. The van der Waals surface area contributed by atoms with Crippen molar-refractivity contribution in [3.8, 4) is 0 Å². The third-order valence-corrected chi connectivity index (χ3v) is 3.63. The monoisotopic (exact) mass is 313 g/mol. The highest BCUT2D eigenvalue weighted by atomic mass is 79.9. The summed E-state index contributed by atoms with van der Waals surface area (Å²) in [7, 11) is 0. The molecule has 1 aromatic rings. The van der Waals surface area contributed by atoms with Gasteiger partial charge in [-0.25, -0.2) is 4.79 Å². The molecule has 1 saturated heterocycles. The van der Waals surface area contributed by atoms with E-state index in [1.807, 2.05) is 26.0 Å². The van der Waals surface area contributed by atoms with Crippen LogP contribution in [0, 0.1) is 0 Å². The van der Waals surface area contributed by atoms with Gasteiger partial charge in [0.2, 0.25) is 0 Å². The van der Waals surface area contributed by atoms with Gasteiger partial charge in [-0.1, -0.05) is 6.07 Å². The molecule has 1 fully saturated rings. The van der Waals surface area contributed by atoms with Gasteiger partial charge >= 0.3 is 5.97 Å². The number of ether oxygens (including phenoxy) is 1. The summed E-state index contributed by atoms with van der Waals surface area (Å²) >= 11 is 3.30. The fraction of sp³-hybridized carbons (Fsp3) is 0.462. The molecule has 0 amide bonds. The largest absolute Gasteiger partial charge is 0.478 e. The van der Waals surface area contributed by atoms with E-state index in [-0.39, 0.29) is 5.60 Å². The minimum atomic E-state index is -0.915. The summed E-state index contributed by atoms with van der Waals surface area (Å²) in [6.45, 7) is 6.03. The van der Waals surface area contributed by atoms with Gasteiger partial charge in [-0.05, 0) is 41.9 Å². The molecular formula is C13H16BrNO3. The molecule has 0 spiro atoms. The zero-order valence-electron chi connectivity index (χ0n) is 10.4. The second-order valence-electron chi connectivity index (χ2n) is 4.97. The van der Waals surface area contributed by atoms with Crippen molar-refractivity contribution >= 4 is 27.6 Å². The molecule has 1 aromatic carbocycles. The van der Waals surface area contributed by atoms with Crippen LogP contribution in [0.1, 0.15) is 24.2 Å². The second kappa shape index (κ2) is 4.90. The molecule has 0 aliphatic carbocycles. The van der Waals surface area contributed by atoms with Gasteiger partial charge in [0.15, 0.2) is 0 Å². The maximum Gasteiger partial charge on any atom is 0.338 e. The SMILES string of the molecule is CC1(C)CN(c2cccc(Br)c2C(=O)O)CCO1. The lowest BCUT2D eigenvalue weighted by Gasteiger charge is -2.40. The van der Waals surface area contributed by atoms with Crippen molar-refractivity contribution < 1.29 is 14.6 Å². The van der Waals surface area contributed by atoms with Crippen molar-refractivity contribution in [1.29, 1.82) is 0 Å². The van der Waals surface area contributed by atoms with E-state index in [9.17, 15) is 9.90 Å². The van der Waals surface area contributed by atoms with Gasteiger partial charge in [0.05, 0.1) is 23.5 Å². The summed E-state index contributed by atoms with van der Waals surface area (Å²) in [5.41, 5.74) is 0.805. The lowest BCUT2D eigenvalue weighted by Crippen LogP contribution is -2.48. The third-order valence-electron chi connectivity index (χ3n) is 2.97. The fourth-order valence-electron chi connectivity index (χ4n) is 2.21. The maximum absolute atomic E-state index is 11.4. The van der Waals surface area contributed by atoms with E-state index >= 15 is 0 Å². The first kappa shape index (κ1) is 13.4. The molecule has 1 aliphatic rings. The molecule has 1 heterocycles. The number of benzene rings is 1. The van der Waals surface area contributed by atoms with Crippen LogP contribution in [0.5, 0.6) is 0 Å². The smallest absolute Gasteiger partial charge is 0.338 e. The summed E-state index contributed by atoms with van der Waals surface area (Å²) in [6, 6.07) is 5.45. The summed E-state index contributed by atoms with van der Waals surface area (Å²) in [5.74, 6) is -0.915. The van der Waals surface area contributed by atoms with Crippen molar-refractivity contribution in [3.05, 3.63) is 28.2 Å². The Bertz CT molecular complexity index is 473. The Kier molecular flexibility index (Phi) is 3.64. The summed E-state index contributed by atoms with van der Waals surface area (Å²) in [5, 5.41) is 9.32. The van der Waals surface area contributed by atoms with E-state index in [1.165, 1.54) is 0 Å². The van der Waals surface area contributed by atoms with Gasteiger partial charge in [0.1, 0.15) is 0 Å². The molecular weight excluding hydrogens is 298 g/mol. The highest BCUT2D eigenvalue weighted by molar-refractivity contribution is 9.10. The number of carboxylic acids is 1. The first-order chi connectivity index (χ1) is 8.41. The van der Waals surface area contributed by atoms with Crippen LogP contribution in [0.15, 0.2) is 22.7 Å². The molecule has 2 rings (SSSR count). The molecule has 0 unspecified atom stereocenters. The van der Waals surface area contributed by atoms with Crippen LogP contribution in [-0.4, -0.2) is 36.4 Å². The van der Waals surface area contributed by atoms with Crippen LogP contribution in [0.25, 0.3) is 0 Å². The van der Waals surface area contributed by atoms with E-state index in [0.717, 1.165) is 5.69 Å². The first-order valence-corrected chi connectivity index (χ1v) is 6.61. The van der Waals surface area contributed by atoms with E-state index in [4.69, 9.17) is 4.74 Å². The number of rotatable bonds is 2. The Morgan fingerprint density at radius 1 is 1.50 bits per heavy atom. The highest BCUT2D eigenvalue weighted by Gasteiger charge is 2.29. The average Bonchev–Trinajstić information content (AvgIpc) is 2.26. The minimum absolute atomic E-state index is 0.254. The molecule has 4 nitrogen and oxygen atoms in total. The quantitative estimate of drug-likeness (QED) is 0.912. The van der Waals surface area contributed by atoms with Gasteiger partial charge in [-0.2, -0.15) is 0 Å². The molecule has 18 heavy (non-hydrogen) atoms. The topological polar surface area (TPSA) is 49.8 Å². The van der Waals surface area contributed by atoms with Crippen LogP contribution >= 0.6 is 15.9 Å². The van der Waals surface area contributed by atoms with Gasteiger partial charge in [0.25, 0.3) is 0 Å². The van der Waals surface area contributed by atoms with Crippen molar-refractivity contribution in [3.63, 3.8) is 0 Å². The molecule has 98 valence electrons. The Hall–Kier alpha value is -1.07. The van der Waals surface area contributed by atoms with Crippen LogP contribution in [0.2, 0.25) is 0 Å². The Labute approximate surface area is 115 Å². The van der Waals surface area contributed by atoms with Gasteiger partial charge < -0.3 is 14.7 Å². The third kappa shape index (κ3) is 2.67. The van der Waals surface area contributed by atoms with E-state index in [1.54, 1.807) is 6.07 Å². The molecule has 5 heteroatoms. The zero-order valence-corrected chi connectivity index (χ0v) is 12.0. The number of anilines is 1. The average molecular weight is 314 g/mol. The van der Waals surface area contributed by atoms with Crippen LogP contribution in [0.4, 0.5) is 5.69 Å². The Balaban J connectivity index is 2.39. The number of halogens is 1. The number of aromatic carboxylic acids is 1. The van der Waals surface area contributed by atoms with Crippen LogP contribution in [0.3, 0.4) is 0 Å². The number of carbonyl (C=O) groups is 1. The van der Waals surface area contributed by atoms with Gasteiger partial charge in [-0.15, -0.1) is 0 Å². The fourth-order valence-corrected chi connectivity index (χ4v) is 2.74. The summed E-state index contributed by atoms with van der Waals surface area (Å²) in [4.78, 5) is 13.4.